The normalized spacial score (nSPS) is 19.0. The Kier molecular flexibility index (Phi) is 10.9. The van der Waals surface area contributed by atoms with E-state index in [4.69, 9.17) is 18.9 Å². The van der Waals surface area contributed by atoms with Crippen LogP contribution in [0.4, 0.5) is 0 Å². The number of rotatable bonds is 14. The van der Waals surface area contributed by atoms with Gasteiger partial charge in [0.25, 0.3) is 0 Å². The molecule has 0 aliphatic heterocycles. The van der Waals surface area contributed by atoms with Gasteiger partial charge in [0.15, 0.2) is 0 Å². The summed E-state index contributed by atoms with van der Waals surface area (Å²) in [5, 5.41) is 3.87. The lowest BCUT2D eigenvalue weighted by molar-refractivity contribution is -0.0521. The van der Waals surface area contributed by atoms with Crippen molar-refractivity contribution in [1.29, 1.82) is 0 Å². The van der Waals surface area contributed by atoms with Gasteiger partial charge >= 0.3 is 0 Å². The van der Waals surface area contributed by atoms with Crippen LogP contribution in [0, 0.1) is 6.92 Å². The Morgan fingerprint density at radius 3 is 2.08 bits per heavy atom. The molecule has 0 saturated heterocycles. The summed E-state index contributed by atoms with van der Waals surface area (Å²) in [5.74, 6) is 3.05. The molecule has 0 amide bonds. The molecule has 0 atom stereocenters. The molecule has 3 aromatic carbocycles. The van der Waals surface area contributed by atoms with Crippen LogP contribution in [0.5, 0.6) is 17.2 Å². The second-order valence-corrected chi connectivity index (χ2v) is 11.0. The number of nitrogens with one attached hydrogen (secondary N) is 1. The predicted octanol–water partition coefficient (Wildman–Crippen LogP) is 7.79. The standard InChI is InChI=1S/C35H47NO4/c1-6-23-40-33-17-7-11-26(2)34(33)35(39-5)20-18-29(19-21-35)36-22-10-16-32(27-12-8-14-30(24-27)37-3)28-13-9-15-31(25-28)38-4/h7-9,11-15,17,24-25,29,32,36H,6,10,16,18-23H2,1-5H3. The largest absolute Gasteiger partial charge is 0.497 e. The van der Waals surface area contributed by atoms with E-state index < -0.39 is 0 Å². The first-order chi connectivity index (χ1) is 19.5. The van der Waals surface area contributed by atoms with Crippen molar-refractivity contribution in [3.63, 3.8) is 0 Å². The highest BCUT2D eigenvalue weighted by Gasteiger charge is 2.40. The summed E-state index contributed by atoms with van der Waals surface area (Å²) in [6, 6.07) is 23.8. The van der Waals surface area contributed by atoms with Gasteiger partial charge in [-0.15, -0.1) is 0 Å². The third-order valence-corrected chi connectivity index (χ3v) is 8.43. The van der Waals surface area contributed by atoms with Crippen molar-refractivity contribution in [1.82, 2.24) is 5.32 Å². The molecule has 1 saturated carbocycles. The van der Waals surface area contributed by atoms with Crippen molar-refractivity contribution in [3.8, 4) is 17.2 Å². The topological polar surface area (TPSA) is 49.0 Å². The van der Waals surface area contributed by atoms with Gasteiger partial charge in [0.2, 0.25) is 0 Å². The molecule has 0 aromatic heterocycles. The van der Waals surface area contributed by atoms with Gasteiger partial charge in [0, 0.05) is 24.6 Å². The fourth-order valence-electron chi connectivity index (χ4n) is 6.26. The van der Waals surface area contributed by atoms with Crippen LogP contribution in [0.15, 0.2) is 66.7 Å². The highest BCUT2D eigenvalue weighted by atomic mass is 16.5. The number of hydrogen-bond acceptors (Lipinski definition) is 5. The Morgan fingerprint density at radius 2 is 1.50 bits per heavy atom. The summed E-state index contributed by atoms with van der Waals surface area (Å²) >= 11 is 0. The van der Waals surface area contributed by atoms with Crippen LogP contribution in [0.1, 0.15) is 80.0 Å². The van der Waals surface area contributed by atoms with Gasteiger partial charge in [-0.05, 0) is 105 Å². The van der Waals surface area contributed by atoms with Crippen LogP contribution in [0.2, 0.25) is 0 Å². The molecule has 3 aromatic rings. The first kappa shape index (κ1) is 30.0. The fraction of sp³-hybridized carbons (Fsp3) is 0.486. The van der Waals surface area contributed by atoms with Crippen molar-refractivity contribution >= 4 is 0 Å². The lowest BCUT2D eigenvalue weighted by Crippen LogP contribution is -2.41. The van der Waals surface area contributed by atoms with Gasteiger partial charge in [-0.1, -0.05) is 43.3 Å². The number of benzene rings is 3. The van der Waals surface area contributed by atoms with E-state index in [0.717, 1.165) is 75.3 Å². The van der Waals surface area contributed by atoms with Crippen LogP contribution >= 0.6 is 0 Å². The molecule has 1 fully saturated rings. The third kappa shape index (κ3) is 7.18. The van der Waals surface area contributed by atoms with Gasteiger partial charge in [0.1, 0.15) is 17.2 Å². The molecular weight excluding hydrogens is 498 g/mol. The molecule has 216 valence electrons. The Morgan fingerprint density at radius 1 is 0.875 bits per heavy atom. The summed E-state index contributed by atoms with van der Waals surface area (Å²) in [6.45, 7) is 6.05. The van der Waals surface area contributed by atoms with Gasteiger partial charge in [-0.3, -0.25) is 0 Å². The Labute approximate surface area is 241 Å². The molecule has 0 radical (unpaired) electrons. The highest BCUT2D eigenvalue weighted by Crippen LogP contribution is 2.45. The van der Waals surface area contributed by atoms with Crippen LogP contribution in [-0.2, 0) is 10.3 Å². The van der Waals surface area contributed by atoms with E-state index in [-0.39, 0.29) is 11.5 Å². The Balaban J connectivity index is 1.38. The van der Waals surface area contributed by atoms with E-state index in [1.54, 1.807) is 14.2 Å². The first-order valence-corrected chi connectivity index (χ1v) is 14.8. The van der Waals surface area contributed by atoms with Crippen molar-refractivity contribution < 1.29 is 18.9 Å². The molecule has 1 aliphatic rings. The molecule has 0 spiro atoms. The maximum atomic E-state index is 6.28. The smallest absolute Gasteiger partial charge is 0.125 e. The van der Waals surface area contributed by atoms with Crippen LogP contribution in [0.3, 0.4) is 0 Å². The SMILES string of the molecule is CCCOc1cccc(C)c1C1(OC)CCC(NCCCC(c2cccc(OC)c2)c2cccc(OC)c2)CC1. The van der Waals surface area contributed by atoms with Crippen LogP contribution < -0.4 is 19.5 Å². The van der Waals surface area contributed by atoms with Crippen molar-refractivity contribution in [2.75, 3.05) is 34.5 Å². The zero-order valence-corrected chi connectivity index (χ0v) is 25.0. The minimum Gasteiger partial charge on any atom is -0.497 e. The molecule has 0 unspecified atom stereocenters. The van der Waals surface area contributed by atoms with Gasteiger partial charge < -0.3 is 24.3 Å². The third-order valence-electron chi connectivity index (χ3n) is 8.43. The van der Waals surface area contributed by atoms with Crippen molar-refractivity contribution in [2.24, 2.45) is 0 Å². The molecule has 1 aliphatic carbocycles. The summed E-state index contributed by atoms with van der Waals surface area (Å²) in [5.41, 5.74) is 4.76. The van der Waals surface area contributed by atoms with Crippen LogP contribution in [-0.4, -0.2) is 40.5 Å². The maximum Gasteiger partial charge on any atom is 0.125 e. The quantitative estimate of drug-likeness (QED) is 0.210. The fourth-order valence-corrected chi connectivity index (χ4v) is 6.26. The van der Waals surface area contributed by atoms with Gasteiger partial charge in [-0.25, -0.2) is 0 Å². The maximum absolute atomic E-state index is 6.28. The average Bonchev–Trinajstić information content (AvgIpc) is 3.00. The monoisotopic (exact) mass is 545 g/mol. The molecule has 5 heteroatoms. The average molecular weight is 546 g/mol. The lowest BCUT2D eigenvalue weighted by atomic mass is 9.75. The predicted molar refractivity (Wildman–Crippen MR) is 163 cm³/mol. The summed E-state index contributed by atoms with van der Waals surface area (Å²) in [4.78, 5) is 0. The van der Waals surface area contributed by atoms with Crippen molar-refractivity contribution in [2.45, 2.75) is 76.4 Å². The molecule has 40 heavy (non-hydrogen) atoms. The minimum absolute atomic E-state index is 0.280. The van der Waals surface area contributed by atoms with E-state index in [1.165, 1.54) is 22.3 Å². The molecule has 0 heterocycles. The second-order valence-electron chi connectivity index (χ2n) is 11.0. The van der Waals surface area contributed by atoms with Gasteiger partial charge in [0.05, 0.1) is 26.4 Å². The van der Waals surface area contributed by atoms with Gasteiger partial charge in [-0.2, -0.15) is 0 Å². The molecule has 0 bridgehead atoms. The van der Waals surface area contributed by atoms with Crippen LogP contribution in [0.25, 0.3) is 0 Å². The summed E-state index contributed by atoms with van der Waals surface area (Å²) < 4.78 is 23.5. The zero-order valence-electron chi connectivity index (χ0n) is 25.0. The lowest BCUT2D eigenvalue weighted by Gasteiger charge is -2.41. The van der Waals surface area contributed by atoms with E-state index in [0.29, 0.717) is 6.04 Å². The number of ether oxygens (including phenoxy) is 4. The number of methoxy groups -OCH3 is 3. The molecule has 5 nitrogen and oxygen atoms in total. The molecular formula is C35H47NO4. The van der Waals surface area contributed by atoms with E-state index >= 15 is 0 Å². The molecule has 1 N–H and O–H groups in total. The Bertz CT molecular complexity index is 1150. The second kappa shape index (κ2) is 14.6. The first-order valence-electron chi connectivity index (χ1n) is 14.8. The van der Waals surface area contributed by atoms with E-state index in [1.807, 2.05) is 19.2 Å². The minimum atomic E-state index is -0.281. The number of hydrogen-bond donors (Lipinski definition) is 1. The Hall–Kier alpha value is -3.02. The summed E-state index contributed by atoms with van der Waals surface area (Å²) in [7, 11) is 5.31. The highest BCUT2D eigenvalue weighted by molar-refractivity contribution is 5.44. The summed E-state index contributed by atoms with van der Waals surface area (Å²) in [6.07, 6.45) is 7.28. The van der Waals surface area contributed by atoms with E-state index in [9.17, 15) is 0 Å². The zero-order chi connectivity index (χ0) is 28.4. The molecule has 4 rings (SSSR count). The van der Waals surface area contributed by atoms with Crippen molar-refractivity contribution in [3.05, 3.63) is 89.0 Å². The van der Waals surface area contributed by atoms with E-state index in [2.05, 4.69) is 73.8 Å². The number of aryl methyl sites for hydroxylation is 1.